The highest BCUT2D eigenvalue weighted by atomic mass is 16.5. The van der Waals surface area contributed by atoms with Gasteiger partial charge in [-0.1, -0.05) is 60.2 Å². The Balaban J connectivity index is 1.39. The summed E-state index contributed by atoms with van der Waals surface area (Å²) in [7, 11) is 0. The molecule has 0 bridgehead atoms. The van der Waals surface area contributed by atoms with Gasteiger partial charge in [-0.15, -0.1) is 0 Å². The van der Waals surface area contributed by atoms with Crippen LogP contribution in [0.3, 0.4) is 0 Å². The van der Waals surface area contributed by atoms with Gasteiger partial charge in [-0.05, 0) is 18.1 Å². The van der Waals surface area contributed by atoms with Gasteiger partial charge in [-0.3, -0.25) is 14.5 Å². The molecule has 2 amide bonds. The molecular formula is C25H31N3O3. The molecule has 2 aromatic carbocycles. The van der Waals surface area contributed by atoms with Crippen molar-refractivity contribution in [3.63, 3.8) is 0 Å². The first-order valence-electron chi connectivity index (χ1n) is 11.1. The minimum atomic E-state index is -0.311. The zero-order valence-corrected chi connectivity index (χ0v) is 18.1. The van der Waals surface area contributed by atoms with Crippen LogP contribution < -0.4 is 5.32 Å². The number of hydrogen-bond donors (Lipinski definition) is 1. The van der Waals surface area contributed by atoms with Gasteiger partial charge >= 0.3 is 0 Å². The number of nitrogens with zero attached hydrogens (tertiary/aromatic N) is 2. The number of carbonyl (C=O) groups is 2. The van der Waals surface area contributed by atoms with Gasteiger partial charge in [0, 0.05) is 39.1 Å². The molecule has 0 spiro atoms. The van der Waals surface area contributed by atoms with Crippen LogP contribution in [0.5, 0.6) is 0 Å². The van der Waals surface area contributed by atoms with Gasteiger partial charge in [0.1, 0.15) is 0 Å². The first-order chi connectivity index (χ1) is 15.1. The minimum absolute atomic E-state index is 0.0399. The summed E-state index contributed by atoms with van der Waals surface area (Å²) >= 11 is 0. The monoisotopic (exact) mass is 421 g/mol. The molecule has 2 aromatic rings. The predicted molar refractivity (Wildman–Crippen MR) is 119 cm³/mol. The van der Waals surface area contributed by atoms with Crippen LogP contribution in [0, 0.1) is 12.8 Å². The standard InChI is InChI=1S/C25H31N3O3/c1-19-7-9-20(10-8-19)16-28-17-22(15-24(28)29)25(30)26-23(21-5-3-2-4-6-21)18-27-11-13-31-14-12-27/h2-10,22-23H,11-18H2,1H3,(H,26,30). The molecule has 0 aliphatic carbocycles. The third-order valence-corrected chi connectivity index (χ3v) is 6.14. The Bertz CT molecular complexity index is 879. The predicted octanol–water partition coefficient (Wildman–Crippen LogP) is 2.53. The van der Waals surface area contributed by atoms with E-state index in [4.69, 9.17) is 4.74 Å². The molecule has 164 valence electrons. The number of benzene rings is 2. The Labute approximate surface area is 184 Å². The molecule has 31 heavy (non-hydrogen) atoms. The number of rotatable bonds is 7. The van der Waals surface area contributed by atoms with Gasteiger partial charge in [0.2, 0.25) is 11.8 Å². The largest absolute Gasteiger partial charge is 0.379 e. The van der Waals surface area contributed by atoms with E-state index in [0.717, 1.165) is 44.0 Å². The molecule has 4 rings (SSSR count). The molecule has 6 heteroatoms. The Morgan fingerprint density at radius 3 is 2.52 bits per heavy atom. The van der Waals surface area contributed by atoms with E-state index in [-0.39, 0.29) is 30.2 Å². The second kappa shape index (κ2) is 10.1. The van der Waals surface area contributed by atoms with Crippen molar-refractivity contribution in [1.82, 2.24) is 15.1 Å². The smallest absolute Gasteiger partial charge is 0.225 e. The number of amides is 2. The molecule has 2 heterocycles. The quantitative estimate of drug-likeness (QED) is 0.746. The second-order valence-corrected chi connectivity index (χ2v) is 8.55. The molecular weight excluding hydrogens is 390 g/mol. The van der Waals surface area contributed by atoms with Gasteiger partial charge in [0.05, 0.1) is 25.2 Å². The fourth-order valence-electron chi connectivity index (χ4n) is 4.27. The van der Waals surface area contributed by atoms with Crippen molar-refractivity contribution in [3.8, 4) is 0 Å². The Morgan fingerprint density at radius 2 is 1.81 bits per heavy atom. The van der Waals surface area contributed by atoms with Crippen molar-refractivity contribution >= 4 is 11.8 Å². The summed E-state index contributed by atoms with van der Waals surface area (Å²) in [5, 5.41) is 3.23. The zero-order valence-electron chi connectivity index (χ0n) is 18.1. The Morgan fingerprint density at radius 1 is 1.10 bits per heavy atom. The van der Waals surface area contributed by atoms with Crippen LogP contribution in [0.2, 0.25) is 0 Å². The molecule has 2 unspecified atom stereocenters. The average molecular weight is 422 g/mol. The summed E-state index contributed by atoms with van der Waals surface area (Å²) < 4.78 is 5.46. The highest BCUT2D eigenvalue weighted by Gasteiger charge is 2.35. The van der Waals surface area contributed by atoms with Crippen LogP contribution in [0.1, 0.15) is 29.2 Å². The summed E-state index contributed by atoms with van der Waals surface area (Å²) in [5.74, 6) is -0.305. The molecule has 0 saturated carbocycles. The Kier molecular flexibility index (Phi) is 6.99. The van der Waals surface area contributed by atoms with Crippen molar-refractivity contribution < 1.29 is 14.3 Å². The summed E-state index contributed by atoms with van der Waals surface area (Å²) in [6, 6.07) is 18.2. The maximum absolute atomic E-state index is 13.1. The van der Waals surface area contributed by atoms with E-state index in [0.29, 0.717) is 13.1 Å². The summed E-state index contributed by atoms with van der Waals surface area (Å²) in [6.07, 6.45) is 0.275. The molecule has 2 fully saturated rings. The summed E-state index contributed by atoms with van der Waals surface area (Å²) in [6.45, 7) is 6.99. The van der Waals surface area contributed by atoms with E-state index in [9.17, 15) is 9.59 Å². The van der Waals surface area contributed by atoms with E-state index in [2.05, 4.69) is 34.5 Å². The number of ether oxygens (including phenoxy) is 1. The van der Waals surface area contributed by atoms with Gasteiger partial charge in [0.15, 0.2) is 0 Å². The second-order valence-electron chi connectivity index (χ2n) is 8.55. The number of carbonyl (C=O) groups excluding carboxylic acids is 2. The number of morpholine rings is 1. The first-order valence-corrected chi connectivity index (χ1v) is 11.1. The van der Waals surface area contributed by atoms with Gasteiger partial charge < -0.3 is 15.0 Å². The normalized spacial score (nSPS) is 20.6. The maximum Gasteiger partial charge on any atom is 0.225 e. The highest BCUT2D eigenvalue weighted by Crippen LogP contribution is 2.23. The van der Waals surface area contributed by atoms with E-state index in [1.54, 1.807) is 4.90 Å². The molecule has 2 aliphatic rings. The molecule has 1 N–H and O–H groups in total. The molecule has 6 nitrogen and oxygen atoms in total. The lowest BCUT2D eigenvalue weighted by Gasteiger charge is -2.31. The van der Waals surface area contributed by atoms with Crippen LogP contribution >= 0.6 is 0 Å². The topological polar surface area (TPSA) is 61.9 Å². The molecule has 2 atom stereocenters. The highest BCUT2D eigenvalue weighted by molar-refractivity contribution is 5.89. The molecule has 0 aromatic heterocycles. The Hall–Kier alpha value is -2.70. The SMILES string of the molecule is Cc1ccc(CN2CC(C(=O)NC(CN3CCOCC3)c3ccccc3)CC2=O)cc1. The summed E-state index contributed by atoms with van der Waals surface area (Å²) in [4.78, 5) is 29.8. The molecule has 2 saturated heterocycles. The van der Waals surface area contributed by atoms with Crippen molar-refractivity contribution in [2.75, 3.05) is 39.4 Å². The van der Waals surface area contributed by atoms with Crippen molar-refractivity contribution in [2.24, 2.45) is 5.92 Å². The van der Waals surface area contributed by atoms with E-state index in [1.165, 1.54) is 5.56 Å². The van der Waals surface area contributed by atoms with Crippen molar-refractivity contribution in [3.05, 3.63) is 71.3 Å². The fraction of sp³-hybridized carbons (Fsp3) is 0.440. The number of aryl methyl sites for hydroxylation is 1. The van der Waals surface area contributed by atoms with E-state index in [1.807, 2.05) is 37.3 Å². The molecule has 2 aliphatic heterocycles. The zero-order chi connectivity index (χ0) is 21.6. The molecule has 0 radical (unpaired) electrons. The fourth-order valence-corrected chi connectivity index (χ4v) is 4.27. The van der Waals surface area contributed by atoms with Crippen molar-refractivity contribution in [1.29, 1.82) is 0 Å². The van der Waals surface area contributed by atoms with Crippen LogP contribution in [-0.4, -0.2) is 61.0 Å². The number of nitrogens with one attached hydrogen (secondary N) is 1. The average Bonchev–Trinajstić information content (AvgIpc) is 3.16. The van der Waals surface area contributed by atoms with Crippen LogP contribution in [0.25, 0.3) is 0 Å². The van der Waals surface area contributed by atoms with Gasteiger partial charge in [-0.2, -0.15) is 0 Å². The van der Waals surface area contributed by atoms with Gasteiger partial charge in [0.25, 0.3) is 0 Å². The lowest BCUT2D eigenvalue weighted by molar-refractivity contribution is -0.129. The van der Waals surface area contributed by atoms with Crippen LogP contribution in [0.4, 0.5) is 0 Å². The third kappa shape index (κ3) is 5.71. The van der Waals surface area contributed by atoms with Crippen LogP contribution in [-0.2, 0) is 20.9 Å². The van der Waals surface area contributed by atoms with Gasteiger partial charge in [-0.25, -0.2) is 0 Å². The lowest BCUT2D eigenvalue weighted by atomic mass is 10.0. The van der Waals surface area contributed by atoms with Crippen molar-refractivity contribution in [2.45, 2.75) is 25.9 Å². The first kappa shape index (κ1) is 21.5. The number of hydrogen-bond acceptors (Lipinski definition) is 4. The third-order valence-electron chi connectivity index (χ3n) is 6.14. The summed E-state index contributed by atoms with van der Waals surface area (Å²) in [5.41, 5.74) is 3.37. The lowest BCUT2D eigenvalue weighted by Crippen LogP contribution is -2.44. The van der Waals surface area contributed by atoms with Crippen LogP contribution in [0.15, 0.2) is 54.6 Å². The maximum atomic E-state index is 13.1. The van der Waals surface area contributed by atoms with E-state index >= 15 is 0 Å². The van der Waals surface area contributed by atoms with E-state index < -0.39 is 0 Å². The minimum Gasteiger partial charge on any atom is -0.379 e. The number of likely N-dealkylation sites (tertiary alicyclic amines) is 1.